The minimum absolute atomic E-state index is 0.434. The average Bonchev–Trinajstić information content (AvgIpc) is 2.01. The van der Waals surface area contributed by atoms with E-state index in [1.54, 1.807) is 7.11 Å². The molecule has 0 saturated heterocycles. The number of hydrogen-bond acceptors (Lipinski definition) is 3. The summed E-state index contributed by atoms with van der Waals surface area (Å²) in [5.74, 6) is 0. The van der Waals surface area contributed by atoms with E-state index in [0.717, 1.165) is 12.8 Å². The van der Waals surface area contributed by atoms with Gasteiger partial charge in [0.05, 0.1) is 6.61 Å². The molecule has 0 amide bonds. The summed E-state index contributed by atoms with van der Waals surface area (Å²) in [6.07, 6.45) is 1.50. The normalized spacial score (nSPS) is 11.5. The van der Waals surface area contributed by atoms with Crippen LogP contribution < -0.4 is 0 Å². The quantitative estimate of drug-likeness (QED) is 0.554. The second-order valence-corrected chi connectivity index (χ2v) is 2.46. The molecule has 0 rings (SSSR count). The van der Waals surface area contributed by atoms with Gasteiger partial charge in [0.2, 0.25) is 0 Å². The monoisotopic (exact) mass is 145 g/mol. The van der Waals surface area contributed by atoms with E-state index in [2.05, 4.69) is 5.18 Å². The summed E-state index contributed by atoms with van der Waals surface area (Å²) in [6, 6.07) is 0. The third-order valence-electron chi connectivity index (χ3n) is 1.92. The molecule has 0 aliphatic heterocycles. The predicted octanol–water partition coefficient (Wildman–Crippen LogP) is 1.96. The van der Waals surface area contributed by atoms with Gasteiger partial charge in [-0.1, -0.05) is 19.0 Å². The van der Waals surface area contributed by atoms with Crippen molar-refractivity contribution in [2.24, 2.45) is 5.18 Å². The van der Waals surface area contributed by atoms with Crippen molar-refractivity contribution in [1.29, 1.82) is 0 Å². The number of hydrogen-bond donors (Lipinski definition) is 0. The van der Waals surface area contributed by atoms with Crippen molar-refractivity contribution in [3.05, 3.63) is 4.91 Å². The van der Waals surface area contributed by atoms with Gasteiger partial charge in [-0.2, -0.15) is 4.91 Å². The first-order valence-electron chi connectivity index (χ1n) is 3.58. The number of nitrogens with zero attached hydrogens (tertiary/aromatic N) is 1. The molecule has 60 valence electrons. The van der Waals surface area contributed by atoms with Gasteiger partial charge in [0, 0.05) is 7.11 Å². The maximum absolute atomic E-state index is 10.3. The van der Waals surface area contributed by atoms with Crippen molar-refractivity contribution in [2.45, 2.75) is 32.2 Å². The van der Waals surface area contributed by atoms with E-state index in [1.165, 1.54) is 0 Å². The molecular formula is C7H15NO2. The molecule has 0 bridgehead atoms. The summed E-state index contributed by atoms with van der Waals surface area (Å²) in [7, 11) is 1.59. The molecule has 0 heterocycles. The lowest BCUT2D eigenvalue weighted by atomic mass is 9.95. The molecule has 3 heteroatoms. The SMILES string of the molecule is CCC(CC)(COC)N=O. The molecule has 0 aliphatic carbocycles. The standard InChI is InChI=1S/C7H15NO2/c1-4-7(5-2,8-9)6-10-3/h4-6H2,1-3H3. The van der Waals surface area contributed by atoms with Crippen LogP contribution in [0.15, 0.2) is 5.18 Å². The van der Waals surface area contributed by atoms with Crippen LogP contribution in [0.1, 0.15) is 26.7 Å². The fourth-order valence-electron chi connectivity index (χ4n) is 0.878. The van der Waals surface area contributed by atoms with Crippen molar-refractivity contribution in [1.82, 2.24) is 0 Å². The number of ether oxygens (including phenoxy) is 1. The van der Waals surface area contributed by atoms with Crippen molar-refractivity contribution in [3.63, 3.8) is 0 Å². The van der Waals surface area contributed by atoms with Crippen LogP contribution in [0.5, 0.6) is 0 Å². The topological polar surface area (TPSA) is 38.7 Å². The van der Waals surface area contributed by atoms with Crippen LogP contribution in [0.2, 0.25) is 0 Å². The second-order valence-electron chi connectivity index (χ2n) is 2.46. The lowest BCUT2D eigenvalue weighted by Gasteiger charge is -2.21. The van der Waals surface area contributed by atoms with Gasteiger partial charge in [-0.15, -0.1) is 0 Å². The highest BCUT2D eigenvalue weighted by atomic mass is 16.5. The molecule has 0 saturated carbocycles. The van der Waals surface area contributed by atoms with Crippen LogP contribution in [0, 0.1) is 4.91 Å². The van der Waals surface area contributed by atoms with Crippen molar-refractivity contribution in [3.8, 4) is 0 Å². The lowest BCUT2D eigenvalue weighted by Crippen LogP contribution is -2.29. The molecule has 0 aromatic carbocycles. The highest BCUT2D eigenvalue weighted by molar-refractivity contribution is 4.84. The summed E-state index contributed by atoms with van der Waals surface area (Å²) in [5.41, 5.74) is -0.477. The van der Waals surface area contributed by atoms with E-state index < -0.39 is 5.54 Å². The highest BCUT2D eigenvalue weighted by Crippen LogP contribution is 2.19. The lowest BCUT2D eigenvalue weighted by molar-refractivity contribution is 0.127. The molecule has 3 nitrogen and oxygen atoms in total. The van der Waals surface area contributed by atoms with E-state index in [-0.39, 0.29) is 0 Å². The molecule has 0 unspecified atom stereocenters. The first kappa shape index (κ1) is 9.56. The van der Waals surface area contributed by atoms with Gasteiger partial charge in [-0.25, -0.2) is 0 Å². The molecule has 0 spiro atoms. The Bertz CT molecular complexity index is 99.8. The molecule has 0 atom stereocenters. The maximum Gasteiger partial charge on any atom is 0.125 e. The fourth-order valence-corrected chi connectivity index (χ4v) is 0.878. The molecule has 0 N–H and O–H groups in total. The fraction of sp³-hybridized carbons (Fsp3) is 1.00. The third kappa shape index (κ3) is 2.06. The van der Waals surface area contributed by atoms with Crippen LogP contribution in [0.3, 0.4) is 0 Å². The average molecular weight is 145 g/mol. The maximum atomic E-state index is 10.3. The van der Waals surface area contributed by atoms with E-state index in [1.807, 2.05) is 13.8 Å². The Morgan fingerprint density at radius 1 is 1.40 bits per heavy atom. The number of methoxy groups -OCH3 is 1. The van der Waals surface area contributed by atoms with Crippen LogP contribution in [-0.4, -0.2) is 19.3 Å². The van der Waals surface area contributed by atoms with Gasteiger partial charge in [0.25, 0.3) is 0 Å². The van der Waals surface area contributed by atoms with Crippen LogP contribution in [0.4, 0.5) is 0 Å². The zero-order valence-corrected chi connectivity index (χ0v) is 6.89. The first-order chi connectivity index (χ1) is 4.74. The van der Waals surface area contributed by atoms with Gasteiger partial charge in [0.1, 0.15) is 5.54 Å². The van der Waals surface area contributed by atoms with Gasteiger partial charge in [0.15, 0.2) is 0 Å². The van der Waals surface area contributed by atoms with Gasteiger partial charge in [-0.3, -0.25) is 0 Å². The highest BCUT2D eigenvalue weighted by Gasteiger charge is 2.26. The number of rotatable bonds is 5. The molecule has 0 aliphatic rings. The molecule has 0 radical (unpaired) electrons. The summed E-state index contributed by atoms with van der Waals surface area (Å²) in [4.78, 5) is 10.3. The minimum Gasteiger partial charge on any atom is -0.382 e. The Morgan fingerprint density at radius 2 is 1.90 bits per heavy atom. The summed E-state index contributed by atoms with van der Waals surface area (Å²) >= 11 is 0. The number of nitroso groups, excluding NO2 is 1. The molecule has 0 aromatic heterocycles. The molecular weight excluding hydrogens is 130 g/mol. The summed E-state index contributed by atoms with van der Waals surface area (Å²) < 4.78 is 4.89. The minimum atomic E-state index is -0.477. The van der Waals surface area contributed by atoms with Crippen LogP contribution in [-0.2, 0) is 4.74 Å². The van der Waals surface area contributed by atoms with Gasteiger partial charge >= 0.3 is 0 Å². The Kier molecular flexibility index (Phi) is 4.19. The predicted molar refractivity (Wildman–Crippen MR) is 41.0 cm³/mol. The zero-order chi connectivity index (χ0) is 8.04. The van der Waals surface area contributed by atoms with E-state index in [0.29, 0.717) is 6.61 Å². The van der Waals surface area contributed by atoms with Gasteiger partial charge < -0.3 is 4.74 Å². The molecule has 10 heavy (non-hydrogen) atoms. The van der Waals surface area contributed by atoms with Crippen molar-refractivity contribution < 1.29 is 4.74 Å². The Morgan fingerprint density at radius 3 is 2.00 bits per heavy atom. The Balaban J connectivity index is 4.00. The Hall–Kier alpha value is -0.440. The van der Waals surface area contributed by atoms with Crippen LogP contribution in [0.25, 0.3) is 0 Å². The summed E-state index contributed by atoms with van der Waals surface area (Å²) in [5, 5.41) is 3.07. The van der Waals surface area contributed by atoms with Crippen LogP contribution >= 0.6 is 0 Å². The van der Waals surface area contributed by atoms with E-state index in [9.17, 15) is 4.91 Å². The van der Waals surface area contributed by atoms with E-state index >= 15 is 0 Å². The largest absolute Gasteiger partial charge is 0.382 e. The molecule has 0 fully saturated rings. The summed E-state index contributed by atoms with van der Waals surface area (Å²) in [6.45, 7) is 4.33. The zero-order valence-electron chi connectivity index (χ0n) is 6.89. The van der Waals surface area contributed by atoms with Crippen molar-refractivity contribution >= 4 is 0 Å². The van der Waals surface area contributed by atoms with E-state index in [4.69, 9.17) is 4.74 Å². The Labute approximate surface area is 61.7 Å². The first-order valence-corrected chi connectivity index (χ1v) is 3.58. The smallest absolute Gasteiger partial charge is 0.125 e. The van der Waals surface area contributed by atoms with Crippen molar-refractivity contribution in [2.75, 3.05) is 13.7 Å². The molecule has 0 aromatic rings. The van der Waals surface area contributed by atoms with Gasteiger partial charge in [-0.05, 0) is 12.8 Å². The third-order valence-corrected chi connectivity index (χ3v) is 1.92. The second kappa shape index (κ2) is 4.39.